The van der Waals surface area contributed by atoms with Gasteiger partial charge in [-0.15, -0.1) is 0 Å². The summed E-state index contributed by atoms with van der Waals surface area (Å²) in [6.07, 6.45) is 3.87. The Labute approximate surface area is 99.4 Å². The molecule has 5 nitrogen and oxygen atoms in total. The first kappa shape index (κ1) is 10.2. The van der Waals surface area contributed by atoms with Crippen LogP contribution >= 0.6 is 0 Å². The summed E-state index contributed by atoms with van der Waals surface area (Å²) in [7, 11) is 0. The third kappa shape index (κ3) is 1.77. The third-order valence-electron chi connectivity index (χ3n) is 2.51. The van der Waals surface area contributed by atoms with Gasteiger partial charge < -0.3 is 9.55 Å². The summed E-state index contributed by atoms with van der Waals surface area (Å²) in [5.74, 6) is 0. The van der Waals surface area contributed by atoms with Crippen LogP contribution in [0, 0.1) is 0 Å². The van der Waals surface area contributed by atoms with Crippen molar-refractivity contribution in [3.05, 3.63) is 42.7 Å². The fourth-order valence-corrected chi connectivity index (χ4v) is 2.10. The van der Waals surface area contributed by atoms with E-state index in [2.05, 4.69) is 9.97 Å². The van der Waals surface area contributed by atoms with Gasteiger partial charge in [0, 0.05) is 18.1 Å². The van der Waals surface area contributed by atoms with Crippen molar-refractivity contribution in [2.75, 3.05) is 0 Å². The van der Waals surface area contributed by atoms with Gasteiger partial charge in [-0.3, -0.25) is 4.55 Å². The van der Waals surface area contributed by atoms with Gasteiger partial charge in [0.05, 0.1) is 11.0 Å². The van der Waals surface area contributed by atoms with Gasteiger partial charge in [-0.2, -0.15) is 0 Å². The minimum atomic E-state index is -2.08. The van der Waals surface area contributed by atoms with E-state index in [-0.39, 0.29) is 5.16 Å². The van der Waals surface area contributed by atoms with Crippen molar-refractivity contribution in [1.29, 1.82) is 0 Å². The Hall–Kier alpha value is -1.92. The van der Waals surface area contributed by atoms with Gasteiger partial charge in [-0.25, -0.2) is 9.19 Å². The Morgan fingerprint density at radius 3 is 2.76 bits per heavy atom. The molecule has 1 atom stereocenters. The van der Waals surface area contributed by atoms with Crippen LogP contribution in [-0.2, 0) is 11.1 Å². The van der Waals surface area contributed by atoms with Crippen molar-refractivity contribution in [3.8, 4) is 5.69 Å². The lowest BCUT2D eigenvalue weighted by atomic mass is 10.3. The van der Waals surface area contributed by atoms with E-state index in [0.29, 0.717) is 5.52 Å². The number of nitrogens with one attached hydrogen (secondary N) is 1. The molecule has 6 heteroatoms. The molecular weight excluding hydrogens is 238 g/mol. The summed E-state index contributed by atoms with van der Waals surface area (Å²) in [5.41, 5.74) is 2.40. The highest BCUT2D eigenvalue weighted by molar-refractivity contribution is 7.79. The van der Waals surface area contributed by atoms with Crippen molar-refractivity contribution in [1.82, 2.24) is 14.5 Å². The number of fused-ring (bicyclic) bond motifs is 1. The average Bonchev–Trinajstić information content (AvgIpc) is 2.97. The number of aromatic amines is 1. The van der Waals surface area contributed by atoms with Crippen molar-refractivity contribution in [2.45, 2.75) is 5.16 Å². The van der Waals surface area contributed by atoms with E-state index < -0.39 is 11.1 Å². The zero-order valence-electron chi connectivity index (χ0n) is 8.70. The zero-order chi connectivity index (χ0) is 11.8. The van der Waals surface area contributed by atoms with Crippen molar-refractivity contribution in [2.24, 2.45) is 0 Å². The molecule has 0 bridgehead atoms. The van der Waals surface area contributed by atoms with Gasteiger partial charge in [0.1, 0.15) is 0 Å². The minimum absolute atomic E-state index is 0.0738. The molecule has 0 radical (unpaired) electrons. The summed E-state index contributed by atoms with van der Waals surface area (Å²) in [4.78, 5) is 6.84. The van der Waals surface area contributed by atoms with Gasteiger partial charge >= 0.3 is 0 Å². The normalized spacial score (nSPS) is 13.0. The number of hydrogen-bond donors (Lipinski definition) is 2. The predicted molar refractivity (Wildman–Crippen MR) is 64.5 cm³/mol. The molecule has 0 aliphatic rings. The van der Waals surface area contributed by atoms with E-state index in [4.69, 9.17) is 4.55 Å². The molecule has 2 aromatic heterocycles. The lowest BCUT2D eigenvalue weighted by Crippen LogP contribution is -1.89. The molecule has 0 aliphatic carbocycles. The second-order valence-corrected chi connectivity index (χ2v) is 4.47. The van der Waals surface area contributed by atoms with Crippen LogP contribution in [0.4, 0.5) is 0 Å². The van der Waals surface area contributed by atoms with Crippen LogP contribution in [0.25, 0.3) is 16.7 Å². The number of nitrogens with zero attached hydrogens (tertiary/aromatic N) is 2. The summed E-state index contributed by atoms with van der Waals surface area (Å²) in [6, 6.07) is 9.49. The number of hydrogen-bond acceptors (Lipinski definition) is 2. The van der Waals surface area contributed by atoms with Crippen LogP contribution in [0.2, 0.25) is 0 Å². The Kier molecular flexibility index (Phi) is 2.31. The molecule has 0 saturated heterocycles. The second kappa shape index (κ2) is 3.83. The summed E-state index contributed by atoms with van der Waals surface area (Å²) in [6.45, 7) is 0. The molecule has 86 valence electrons. The van der Waals surface area contributed by atoms with Gasteiger partial charge in [0.15, 0.2) is 0 Å². The largest absolute Gasteiger partial charge is 0.329 e. The number of H-pyrrole nitrogens is 1. The van der Waals surface area contributed by atoms with Crippen LogP contribution in [0.1, 0.15) is 0 Å². The fourth-order valence-electron chi connectivity index (χ4n) is 1.72. The number of aromatic nitrogens is 3. The smallest absolute Gasteiger partial charge is 0.225 e. The first-order chi connectivity index (χ1) is 8.24. The van der Waals surface area contributed by atoms with Crippen LogP contribution in [0.15, 0.2) is 47.9 Å². The molecular formula is C11H9N3O2S. The van der Waals surface area contributed by atoms with E-state index >= 15 is 0 Å². The van der Waals surface area contributed by atoms with Gasteiger partial charge in [-0.1, -0.05) is 0 Å². The maximum Gasteiger partial charge on any atom is 0.225 e. The highest BCUT2D eigenvalue weighted by atomic mass is 32.2. The van der Waals surface area contributed by atoms with Crippen LogP contribution in [-0.4, -0.2) is 23.3 Å². The summed E-state index contributed by atoms with van der Waals surface area (Å²) < 4.78 is 21.8. The molecule has 2 N–H and O–H groups in total. The van der Waals surface area contributed by atoms with E-state index in [1.54, 1.807) is 0 Å². The topological polar surface area (TPSA) is 70.9 Å². The van der Waals surface area contributed by atoms with Crippen LogP contribution in [0.5, 0.6) is 0 Å². The number of rotatable bonds is 2. The van der Waals surface area contributed by atoms with Crippen molar-refractivity contribution < 1.29 is 8.76 Å². The molecule has 3 rings (SSSR count). The number of benzene rings is 1. The van der Waals surface area contributed by atoms with Gasteiger partial charge in [-0.05, 0) is 30.3 Å². The highest BCUT2D eigenvalue weighted by Gasteiger charge is 2.07. The lowest BCUT2D eigenvalue weighted by molar-refractivity contribution is 0.557. The average molecular weight is 247 g/mol. The molecule has 0 saturated carbocycles. The van der Waals surface area contributed by atoms with Gasteiger partial charge in [0.25, 0.3) is 0 Å². The van der Waals surface area contributed by atoms with Gasteiger partial charge in [0.2, 0.25) is 16.2 Å². The highest BCUT2D eigenvalue weighted by Crippen LogP contribution is 2.17. The first-order valence-corrected chi connectivity index (χ1v) is 6.09. The quantitative estimate of drug-likeness (QED) is 0.680. The molecule has 0 amide bonds. The van der Waals surface area contributed by atoms with E-state index in [9.17, 15) is 4.21 Å². The summed E-state index contributed by atoms with van der Waals surface area (Å²) in [5, 5.41) is 0.0738. The molecule has 3 aromatic rings. The molecule has 0 spiro atoms. The molecule has 2 heterocycles. The fraction of sp³-hybridized carbons (Fsp3) is 0. The van der Waals surface area contributed by atoms with Crippen molar-refractivity contribution >= 4 is 22.1 Å². The minimum Gasteiger partial charge on any atom is -0.329 e. The second-order valence-electron chi connectivity index (χ2n) is 3.58. The standard InChI is InChI=1S/C11H9N3O2S/c15-17(16)11-12-9-4-3-8(7-10(9)13-11)14-5-1-2-6-14/h1-7H,(H,12,13)(H,15,16). The molecule has 0 aliphatic heterocycles. The molecule has 1 aromatic carbocycles. The maximum absolute atomic E-state index is 10.9. The first-order valence-electron chi connectivity index (χ1n) is 4.98. The van der Waals surface area contributed by atoms with Crippen molar-refractivity contribution in [3.63, 3.8) is 0 Å². The number of imidazole rings is 1. The monoisotopic (exact) mass is 247 g/mol. The zero-order valence-corrected chi connectivity index (χ0v) is 9.52. The van der Waals surface area contributed by atoms with Crippen LogP contribution < -0.4 is 0 Å². The Bertz CT molecular complexity index is 688. The Balaban J connectivity index is 2.16. The predicted octanol–water partition coefficient (Wildman–Crippen LogP) is 1.93. The molecule has 17 heavy (non-hydrogen) atoms. The molecule has 0 fully saturated rings. The van der Waals surface area contributed by atoms with E-state index in [0.717, 1.165) is 11.2 Å². The van der Waals surface area contributed by atoms with Crippen LogP contribution in [0.3, 0.4) is 0 Å². The van der Waals surface area contributed by atoms with E-state index in [1.807, 2.05) is 47.3 Å². The van der Waals surface area contributed by atoms with E-state index in [1.165, 1.54) is 0 Å². The molecule has 1 unspecified atom stereocenters. The maximum atomic E-state index is 10.9. The third-order valence-corrected chi connectivity index (χ3v) is 3.04. The lowest BCUT2D eigenvalue weighted by Gasteiger charge is -2.01. The Morgan fingerprint density at radius 2 is 2.06 bits per heavy atom. The SMILES string of the molecule is O=S(O)c1nc2ccc(-n3cccc3)cc2[nH]1. The summed E-state index contributed by atoms with van der Waals surface area (Å²) >= 11 is -2.08. The Morgan fingerprint density at radius 1 is 1.29 bits per heavy atom.